The molecule has 0 bridgehead atoms. The van der Waals surface area contributed by atoms with Gasteiger partial charge in [-0.1, -0.05) is 6.92 Å². The normalized spacial score (nSPS) is 13.8. The van der Waals surface area contributed by atoms with Crippen molar-refractivity contribution in [3.05, 3.63) is 29.8 Å². The number of alkyl halides is 1. The monoisotopic (exact) mass is 256 g/mol. The van der Waals surface area contributed by atoms with Crippen molar-refractivity contribution >= 4 is 23.5 Å². The summed E-state index contributed by atoms with van der Waals surface area (Å²) >= 11 is 5.93. The molecule has 1 unspecified atom stereocenters. The fourth-order valence-electron chi connectivity index (χ4n) is 1.02. The van der Waals surface area contributed by atoms with E-state index in [4.69, 9.17) is 21.4 Å². The summed E-state index contributed by atoms with van der Waals surface area (Å²) in [4.78, 5) is 21.2. The molecule has 1 rings (SSSR count). The smallest absolute Gasteiger partial charge is 0.335 e. The lowest BCUT2D eigenvalue weighted by molar-refractivity contribution is -0.137. The van der Waals surface area contributed by atoms with E-state index >= 15 is 0 Å². The van der Waals surface area contributed by atoms with Gasteiger partial charge in [-0.3, -0.25) is 0 Å². The Morgan fingerprint density at radius 2 is 1.88 bits per heavy atom. The first-order valence-corrected chi connectivity index (χ1v) is 5.49. The van der Waals surface area contributed by atoms with E-state index in [0.717, 1.165) is 0 Å². The maximum absolute atomic E-state index is 11.6. The number of carboxylic acid groups (broad SMARTS) is 1. The molecule has 4 nitrogen and oxygen atoms in total. The number of esters is 1. The second kappa shape index (κ2) is 5.19. The third-order valence-electron chi connectivity index (χ3n) is 2.40. The number of benzene rings is 1. The minimum atomic E-state index is -1.06. The third-order valence-corrected chi connectivity index (χ3v) is 2.82. The first kappa shape index (κ1) is 13.5. The van der Waals surface area contributed by atoms with E-state index in [-0.39, 0.29) is 11.3 Å². The number of aromatic carboxylic acids is 1. The maximum atomic E-state index is 11.6. The minimum Gasteiger partial charge on any atom is -0.478 e. The van der Waals surface area contributed by atoms with Crippen LogP contribution in [-0.2, 0) is 4.79 Å². The Morgan fingerprint density at radius 1 is 1.35 bits per heavy atom. The van der Waals surface area contributed by atoms with Gasteiger partial charge in [-0.15, -0.1) is 11.6 Å². The standard InChI is InChI=1S/C12H13ClO4/c1-3-12(2,13)11(16)17-9-6-4-8(5-7-9)10(14)15/h4-7H,3H2,1-2H3,(H,14,15). The van der Waals surface area contributed by atoms with Crippen molar-refractivity contribution in [2.45, 2.75) is 25.1 Å². The number of hydrogen-bond donors (Lipinski definition) is 1. The van der Waals surface area contributed by atoms with Crippen LogP contribution in [0.2, 0.25) is 0 Å². The number of rotatable bonds is 4. The highest BCUT2D eigenvalue weighted by Crippen LogP contribution is 2.22. The van der Waals surface area contributed by atoms with Crippen LogP contribution in [0, 0.1) is 0 Å². The van der Waals surface area contributed by atoms with Crippen LogP contribution in [0.4, 0.5) is 0 Å². The van der Waals surface area contributed by atoms with Crippen molar-refractivity contribution in [2.24, 2.45) is 0 Å². The molecule has 1 atom stereocenters. The van der Waals surface area contributed by atoms with Crippen molar-refractivity contribution in [3.63, 3.8) is 0 Å². The Bertz CT molecular complexity index is 423. The van der Waals surface area contributed by atoms with Crippen molar-refractivity contribution in [1.82, 2.24) is 0 Å². The highest BCUT2D eigenvalue weighted by molar-refractivity contribution is 6.33. The lowest BCUT2D eigenvalue weighted by Gasteiger charge is -2.17. The summed E-state index contributed by atoms with van der Waals surface area (Å²) in [6, 6.07) is 5.57. The Balaban J connectivity index is 2.76. The largest absolute Gasteiger partial charge is 0.478 e. The van der Waals surface area contributed by atoms with E-state index in [1.165, 1.54) is 24.3 Å². The third kappa shape index (κ3) is 3.46. The van der Waals surface area contributed by atoms with Gasteiger partial charge in [-0.25, -0.2) is 9.59 Å². The molecule has 0 radical (unpaired) electrons. The van der Waals surface area contributed by atoms with E-state index < -0.39 is 16.8 Å². The average molecular weight is 257 g/mol. The molecule has 0 spiro atoms. The van der Waals surface area contributed by atoms with Gasteiger partial charge in [0.25, 0.3) is 0 Å². The molecular weight excluding hydrogens is 244 g/mol. The van der Waals surface area contributed by atoms with Crippen molar-refractivity contribution < 1.29 is 19.4 Å². The fourth-order valence-corrected chi connectivity index (χ4v) is 1.06. The van der Waals surface area contributed by atoms with Gasteiger partial charge in [0.15, 0.2) is 0 Å². The molecule has 0 aliphatic heterocycles. The number of carboxylic acids is 1. The fraction of sp³-hybridized carbons (Fsp3) is 0.333. The summed E-state index contributed by atoms with van der Waals surface area (Å²) in [5, 5.41) is 8.70. The molecule has 0 amide bonds. The molecule has 1 aromatic carbocycles. The van der Waals surface area contributed by atoms with Crippen LogP contribution in [0.25, 0.3) is 0 Å². The van der Waals surface area contributed by atoms with E-state index in [1.54, 1.807) is 13.8 Å². The zero-order valence-electron chi connectivity index (χ0n) is 9.57. The summed E-state index contributed by atoms with van der Waals surface area (Å²) in [6.45, 7) is 3.35. The summed E-state index contributed by atoms with van der Waals surface area (Å²) < 4.78 is 5.04. The predicted octanol–water partition coefficient (Wildman–Crippen LogP) is 2.70. The van der Waals surface area contributed by atoms with Crippen LogP contribution < -0.4 is 4.74 Å². The van der Waals surface area contributed by atoms with Crippen molar-refractivity contribution in [3.8, 4) is 5.75 Å². The topological polar surface area (TPSA) is 63.6 Å². The van der Waals surface area contributed by atoms with Gasteiger partial charge in [0.05, 0.1) is 5.56 Å². The molecule has 0 aliphatic carbocycles. The molecule has 1 aromatic rings. The Kier molecular flexibility index (Phi) is 4.12. The number of carbonyl (C=O) groups is 2. The quantitative estimate of drug-likeness (QED) is 0.511. The number of halogens is 1. The van der Waals surface area contributed by atoms with Gasteiger partial charge in [0, 0.05) is 0 Å². The van der Waals surface area contributed by atoms with Crippen LogP contribution in [0.5, 0.6) is 5.75 Å². The number of ether oxygens (including phenoxy) is 1. The molecule has 5 heteroatoms. The first-order valence-electron chi connectivity index (χ1n) is 5.11. The van der Waals surface area contributed by atoms with Gasteiger partial charge < -0.3 is 9.84 Å². The van der Waals surface area contributed by atoms with Gasteiger partial charge in [0.2, 0.25) is 0 Å². The molecule has 0 fully saturated rings. The highest BCUT2D eigenvalue weighted by Gasteiger charge is 2.30. The number of carbonyl (C=O) groups excluding carboxylic acids is 1. The SMILES string of the molecule is CCC(C)(Cl)C(=O)Oc1ccc(C(=O)O)cc1. The molecule has 0 aliphatic rings. The maximum Gasteiger partial charge on any atom is 0.335 e. The molecule has 0 saturated carbocycles. The van der Waals surface area contributed by atoms with E-state index in [0.29, 0.717) is 6.42 Å². The van der Waals surface area contributed by atoms with Crippen LogP contribution in [0.1, 0.15) is 30.6 Å². The van der Waals surface area contributed by atoms with Crippen LogP contribution in [0.3, 0.4) is 0 Å². The summed E-state index contributed by atoms with van der Waals surface area (Å²) in [5.74, 6) is -1.30. The summed E-state index contributed by atoms with van der Waals surface area (Å²) in [7, 11) is 0. The Hall–Kier alpha value is -1.55. The molecule has 92 valence electrons. The van der Waals surface area contributed by atoms with Crippen LogP contribution in [-0.4, -0.2) is 21.9 Å². The van der Waals surface area contributed by atoms with Gasteiger partial charge in [0.1, 0.15) is 10.6 Å². The lowest BCUT2D eigenvalue weighted by atomic mass is 10.1. The van der Waals surface area contributed by atoms with E-state index in [9.17, 15) is 9.59 Å². The van der Waals surface area contributed by atoms with Gasteiger partial charge >= 0.3 is 11.9 Å². The van der Waals surface area contributed by atoms with E-state index in [1.807, 2.05) is 0 Å². The molecule has 17 heavy (non-hydrogen) atoms. The zero-order chi connectivity index (χ0) is 13.1. The molecule has 1 N–H and O–H groups in total. The zero-order valence-corrected chi connectivity index (χ0v) is 10.3. The van der Waals surface area contributed by atoms with Gasteiger partial charge in [-0.05, 0) is 37.6 Å². The second-order valence-electron chi connectivity index (χ2n) is 3.77. The number of hydrogen-bond acceptors (Lipinski definition) is 3. The molecule has 0 heterocycles. The highest BCUT2D eigenvalue weighted by atomic mass is 35.5. The van der Waals surface area contributed by atoms with Crippen LogP contribution in [0.15, 0.2) is 24.3 Å². The summed E-state index contributed by atoms with van der Waals surface area (Å²) in [6.07, 6.45) is 0.445. The Labute approximate surface area is 104 Å². The van der Waals surface area contributed by atoms with Crippen LogP contribution >= 0.6 is 11.6 Å². The average Bonchev–Trinajstić information content (AvgIpc) is 2.29. The molecular formula is C12H13ClO4. The summed E-state index contributed by atoms with van der Waals surface area (Å²) in [5.41, 5.74) is 0.133. The predicted molar refractivity (Wildman–Crippen MR) is 63.6 cm³/mol. The lowest BCUT2D eigenvalue weighted by Crippen LogP contribution is -2.32. The van der Waals surface area contributed by atoms with Crippen molar-refractivity contribution in [2.75, 3.05) is 0 Å². The minimum absolute atomic E-state index is 0.133. The Morgan fingerprint density at radius 3 is 2.29 bits per heavy atom. The van der Waals surface area contributed by atoms with Crippen molar-refractivity contribution in [1.29, 1.82) is 0 Å². The molecule has 0 aromatic heterocycles. The van der Waals surface area contributed by atoms with Gasteiger partial charge in [-0.2, -0.15) is 0 Å². The second-order valence-corrected chi connectivity index (χ2v) is 4.60. The van der Waals surface area contributed by atoms with E-state index in [2.05, 4.69) is 0 Å². The molecule has 0 saturated heterocycles. The first-order chi connectivity index (χ1) is 7.86.